The predicted octanol–water partition coefficient (Wildman–Crippen LogP) is 2.30. The average molecular weight is 266 g/mol. The van der Waals surface area contributed by atoms with Gasteiger partial charge in [-0.05, 0) is 17.7 Å². The second-order valence-electron chi connectivity index (χ2n) is 4.87. The molecule has 3 rings (SSSR count). The van der Waals surface area contributed by atoms with Gasteiger partial charge in [0.05, 0.1) is 5.52 Å². The highest BCUT2D eigenvalue weighted by molar-refractivity contribution is 5.81. The van der Waals surface area contributed by atoms with Gasteiger partial charge < -0.3 is 5.32 Å². The summed E-state index contributed by atoms with van der Waals surface area (Å²) in [6, 6.07) is 12.4. The Labute approximate surface area is 118 Å². The van der Waals surface area contributed by atoms with Gasteiger partial charge in [-0.15, -0.1) is 0 Å². The third kappa shape index (κ3) is 2.70. The number of aromatic nitrogens is 3. The van der Waals surface area contributed by atoms with Crippen molar-refractivity contribution >= 4 is 10.9 Å². The van der Waals surface area contributed by atoms with Gasteiger partial charge in [-0.3, -0.25) is 9.67 Å². The number of fused-ring (bicyclic) bond motifs is 1. The van der Waals surface area contributed by atoms with Crippen molar-refractivity contribution in [2.75, 3.05) is 6.54 Å². The summed E-state index contributed by atoms with van der Waals surface area (Å²) in [4.78, 5) is 4.47. The van der Waals surface area contributed by atoms with Gasteiger partial charge >= 0.3 is 0 Å². The molecule has 0 radical (unpaired) electrons. The summed E-state index contributed by atoms with van der Waals surface area (Å²) in [5.74, 6) is 0. The lowest BCUT2D eigenvalue weighted by Crippen LogP contribution is -2.18. The van der Waals surface area contributed by atoms with Crippen molar-refractivity contribution < 1.29 is 0 Å². The minimum absolute atomic E-state index is 0.839. The van der Waals surface area contributed by atoms with Crippen LogP contribution in [0.1, 0.15) is 11.3 Å². The van der Waals surface area contributed by atoms with Gasteiger partial charge in [0, 0.05) is 50.0 Å². The standard InChI is InChI=1S/C16H18N4/c1-20-15(8-11-19-20)7-10-17-12-14-5-2-4-13-6-3-9-18-16(13)14/h2-6,8-9,11,17H,7,10,12H2,1H3. The number of rotatable bonds is 5. The molecule has 0 atom stereocenters. The molecule has 0 aliphatic rings. The van der Waals surface area contributed by atoms with E-state index in [-0.39, 0.29) is 0 Å². The maximum Gasteiger partial charge on any atom is 0.0746 e. The second kappa shape index (κ2) is 5.84. The van der Waals surface area contributed by atoms with Crippen molar-refractivity contribution in [1.29, 1.82) is 0 Å². The highest BCUT2D eigenvalue weighted by Crippen LogP contribution is 2.15. The van der Waals surface area contributed by atoms with Crippen molar-refractivity contribution in [3.05, 3.63) is 60.0 Å². The van der Waals surface area contributed by atoms with Gasteiger partial charge in [-0.25, -0.2) is 0 Å². The van der Waals surface area contributed by atoms with E-state index < -0.39 is 0 Å². The molecule has 2 aromatic heterocycles. The van der Waals surface area contributed by atoms with Crippen LogP contribution in [0.15, 0.2) is 48.8 Å². The Hall–Kier alpha value is -2.20. The molecule has 0 unspecified atom stereocenters. The first-order valence-electron chi connectivity index (χ1n) is 6.85. The van der Waals surface area contributed by atoms with E-state index >= 15 is 0 Å². The predicted molar refractivity (Wildman–Crippen MR) is 80.4 cm³/mol. The topological polar surface area (TPSA) is 42.7 Å². The third-order valence-electron chi connectivity index (χ3n) is 3.51. The number of nitrogens with zero attached hydrogens (tertiary/aromatic N) is 3. The van der Waals surface area contributed by atoms with Crippen LogP contribution in [0.25, 0.3) is 10.9 Å². The molecular formula is C16H18N4. The average Bonchev–Trinajstić information content (AvgIpc) is 2.89. The number of para-hydroxylation sites is 1. The van der Waals surface area contributed by atoms with Gasteiger partial charge in [-0.2, -0.15) is 5.10 Å². The van der Waals surface area contributed by atoms with Crippen LogP contribution in [-0.4, -0.2) is 21.3 Å². The monoisotopic (exact) mass is 266 g/mol. The quantitative estimate of drug-likeness (QED) is 0.721. The first-order valence-corrected chi connectivity index (χ1v) is 6.85. The van der Waals surface area contributed by atoms with Crippen molar-refractivity contribution in [1.82, 2.24) is 20.1 Å². The molecule has 1 N–H and O–H groups in total. The Morgan fingerprint density at radius 2 is 2.00 bits per heavy atom. The zero-order valence-corrected chi connectivity index (χ0v) is 11.6. The maximum atomic E-state index is 4.47. The van der Waals surface area contributed by atoms with Crippen molar-refractivity contribution in [2.45, 2.75) is 13.0 Å². The molecule has 102 valence electrons. The number of hydrogen-bond donors (Lipinski definition) is 1. The maximum absolute atomic E-state index is 4.47. The molecule has 20 heavy (non-hydrogen) atoms. The van der Waals surface area contributed by atoms with E-state index in [1.54, 1.807) is 0 Å². The van der Waals surface area contributed by atoms with Crippen LogP contribution >= 0.6 is 0 Å². The fourth-order valence-corrected chi connectivity index (χ4v) is 2.40. The molecular weight excluding hydrogens is 248 g/mol. The lowest BCUT2D eigenvalue weighted by Gasteiger charge is -2.07. The summed E-state index contributed by atoms with van der Waals surface area (Å²) in [5.41, 5.74) is 3.57. The molecule has 4 heteroatoms. The van der Waals surface area contributed by atoms with Crippen LogP contribution in [0.3, 0.4) is 0 Å². The molecule has 0 aliphatic heterocycles. The first-order chi connectivity index (χ1) is 9.84. The molecule has 0 aliphatic carbocycles. The third-order valence-corrected chi connectivity index (χ3v) is 3.51. The second-order valence-corrected chi connectivity index (χ2v) is 4.87. The summed E-state index contributed by atoms with van der Waals surface area (Å²) < 4.78 is 1.92. The Kier molecular flexibility index (Phi) is 3.74. The Morgan fingerprint density at radius 1 is 1.10 bits per heavy atom. The first kappa shape index (κ1) is 12.8. The number of nitrogens with one attached hydrogen (secondary N) is 1. The fourth-order valence-electron chi connectivity index (χ4n) is 2.40. The summed E-state index contributed by atoms with van der Waals surface area (Å²) >= 11 is 0. The van der Waals surface area contributed by atoms with E-state index in [4.69, 9.17) is 0 Å². The van der Waals surface area contributed by atoms with Gasteiger partial charge in [0.1, 0.15) is 0 Å². The summed E-state index contributed by atoms with van der Waals surface area (Å²) in [7, 11) is 1.98. The van der Waals surface area contributed by atoms with Crippen LogP contribution < -0.4 is 5.32 Å². The lowest BCUT2D eigenvalue weighted by molar-refractivity contribution is 0.644. The largest absolute Gasteiger partial charge is 0.312 e. The number of benzene rings is 1. The highest BCUT2D eigenvalue weighted by Gasteiger charge is 2.02. The SMILES string of the molecule is Cn1nccc1CCNCc1cccc2cccnc12. The van der Waals surface area contributed by atoms with E-state index in [0.717, 1.165) is 25.0 Å². The summed E-state index contributed by atoms with van der Waals surface area (Å²) in [6.45, 7) is 1.77. The molecule has 0 bridgehead atoms. The number of hydrogen-bond acceptors (Lipinski definition) is 3. The molecule has 1 aromatic carbocycles. The molecule has 0 spiro atoms. The van der Waals surface area contributed by atoms with Gasteiger partial charge in [-0.1, -0.05) is 24.3 Å². The Morgan fingerprint density at radius 3 is 2.85 bits per heavy atom. The normalized spacial score (nSPS) is 11.1. The zero-order chi connectivity index (χ0) is 13.8. The van der Waals surface area contributed by atoms with E-state index in [0.29, 0.717) is 0 Å². The van der Waals surface area contributed by atoms with E-state index in [1.165, 1.54) is 16.6 Å². The number of aryl methyl sites for hydroxylation is 1. The minimum atomic E-state index is 0.839. The van der Waals surface area contributed by atoms with Crippen LogP contribution in [-0.2, 0) is 20.0 Å². The molecule has 2 heterocycles. The molecule has 0 saturated heterocycles. The fraction of sp³-hybridized carbons (Fsp3) is 0.250. The van der Waals surface area contributed by atoms with E-state index in [1.807, 2.05) is 30.2 Å². The van der Waals surface area contributed by atoms with Crippen LogP contribution in [0, 0.1) is 0 Å². The highest BCUT2D eigenvalue weighted by atomic mass is 15.3. The summed E-state index contributed by atoms with van der Waals surface area (Å²) in [6.07, 6.45) is 4.67. The molecule has 3 aromatic rings. The smallest absolute Gasteiger partial charge is 0.0746 e. The van der Waals surface area contributed by atoms with E-state index in [2.05, 4.69) is 45.7 Å². The minimum Gasteiger partial charge on any atom is -0.312 e. The Bertz CT molecular complexity index is 697. The number of pyridine rings is 1. The molecule has 4 nitrogen and oxygen atoms in total. The summed E-state index contributed by atoms with van der Waals surface area (Å²) in [5, 5.41) is 8.84. The van der Waals surface area contributed by atoms with Gasteiger partial charge in [0.25, 0.3) is 0 Å². The van der Waals surface area contributed by atoms with E-state index in [9.17, 15) is 0 Å². The van der Waals surface area contributed by atoms with Crippen molar-refractivity contribution in [2.24, 2.45) is 7.05 Å². The van der Waals surface area contributed by atoms with Crippen molar-refractivity contribution in [3.63, 3.8) is 0 Å². The molecule has 0 fully saturated rings. The Balaban J connectivity index is 1.62. The van der Waals surface area contributed by atoms with Crippen LogP contribution in [0.4, 0.5) is 0 Å². The molecule has 0 saturated carbocycles. The van der Waals surface area contributed by atoms with Crippen LogP contribution in [0.2, 0.25) is 0 Å². The zero-order valence-electron chi connectivity index (χ0n) is 11.6. The van der Waals surface area contributed by atoms with Gasteiger partial charge in [0.2, 0.25) is 0 Å². The van der Waals surface area contributed by atoms with Crippen molar-refractivity contribution in [3.8, 4) is 0 Å². The lowest BCUT2D eigenvalue weighted by atomic mass is 10.1. The van der Waals surface area contributed by atoms with Crippen LogP contribution in [0.5, 0.6) is 0 Å². The van der Waals surface area contributed by atoms with Gasteiger partial charge in [0.15, 0.2) is 0 Å². The molecule has 0 amide bonds.